The third-order valence-electron chi connectivity index (χ3n) is 5.32. The molecule has 0 saturated carbocycles. The van der Waals surface area contributed by atoms with Gasteiger partial charge in [0.1, 0.15) is 8.07 Å². The van der Waals surface area contributed by atoms with Gasteiger partial charge in [0.15, 0.2) is 0 Å². The van der Waals surface area contributed by atoms with Crippen molar-refractivity contribution in [3.8, 4) is 0 Å². The van der Waals surface area contributed by atoms with E-state index in [1.165, 1.54) is 19.1 Å². The van der Waals surface area contributed by atoms with Crippen LogP contribution in [0.25, 0.3) is 0 Å². The van der Waals surface area contributed by atoms with Gasteiger partial charge in [0.2, 0.25) is 0 Å². The molecule has 0 atom stereocenters. The number of hydrogen-bond donors (Lipinski definition) is 0. The molecule has 0 bridgehead atoms. The van der Waals surface area contributed by atoms with E-state index < -0.39 is 8.07 Å². The Morgan fingerprint density at radius 1 is 0.667 bits per heavy atom. The summed E-state index contributed by atoms with van der Waals surface area (Å²) in [6.45, 7) is 14.7. The molecule has 2 heteroatoms. The first-order valence-electron chi connectivity index (χ1n) is 9.10. The Bertz CT molecular complexity index is 635. The van der Waals surface area contributed by atoms with Crippen LogP contribution in [0.1, 0.15) is 47.1 Å². The highest BCUT2D eigenvalue weighted by Crippen LogP contribution is 2.45. The molecule has 0 N–H and O–H groups in total. The Morgan fingerprint density at radius 3 is 1.50 bits per heavy atom. The van der Waals surface area contributed by atoms with Gasteiger partial charge < -0.3 is 0 Å². The third-order valence-corrected chi connectivity index (χ3v) is 14.7. The molecule has 0 unspecified atom stereocenters. The van der Waals surface area contributed by atoms with E-state index in [1.54, 1.807) is 4.92 Å². The third kappa shape index (κ3) is 3.73. The summed E-state index contributed by atoms with van der Waals surface area (Å²) in [7, 11) is -0.280. The largest absolute Gasteiger partial charge is 0.101 e. The Labute approximate surface area is 151 Å². The maximum Gasteiger partial charge on any atom is 0.101 e. The fraction of sp³-hybridized carbons (Fsp3) is 0.409. The van der Waals surface area contributed by atoms with Crippen molar-refractivity contribution < 1.29 is 0 Å². The highest BCUT2D eigenvalue weighted by molar-refractivity contribution is 7.58. The van der Waals surface area contributed by atoms with Gasteiger partial charge in [-0.3, -0.25) is 0 Å². The normalized spacial score (nSPS) is 13.1. The van der Waals surface area contributed by atoms with Gasteiger partial charge >= 0.3 is 0 Å². The molecular weight excluding hydrogens is 323 g/mol. The number of benzene rings is 2. The molecule has 24 heavy (non-hydrogen) atoms. The molecule has 0 aliphatic heterocycles. The monoisotopic (exact) mass is 354 g/mol. The molecule has 0 saturated heterocycles. The van der Waals surface area contributed by atoms with Gasteiger partial charge in [-0.15, -0.1) is 0 Å². The molecular formula is C22H31PSi. The zero-order valence-electron chi connectivity index (χ0n) is 16.0. The summed E-state index contributed by atoms with van der Waals surface area (Å²) in [5, 5.41) is 1.41. The van der Waals surface area contributed by atoms with Crippen LogP contribution in [-0.2, 0) is 0 Å². The van der Waals surface area contributed by atoms with Gasteiger partial charge in [-0.2, -0.15) is 0 Å². The Hall–Kier alpha value is -1.17. The lowest BCUT2D eigenvalue weighted by molar-refractivity contribution is 0.843. The molecule has 0 nitrogen and oxygen atoms in total. The minimum atomic E-state index is -1.68. The van der Waals surface area contributed by atoms with Crippen LogP contribution in [0.5, 0.6) is 0 Å². The average molecular weight is 355 g/mol. The zero-order chi connectivity index (χ0) is 17.7. The summed E-state index contributed by atoms with van der Waals surface area (Å²) in [6, 6.07) is 22.1. The van der Waals surface area contributed by atoms with Crippen molar-refractivity contribution >= 4 is 26.5 Å². The first kappa shape index (κ1) is 19.2. The van der Waals surface area contributed by atoms with E-state index in [2.05, 4.69) is 102 Å². The molecule has 0 aromatic heterocycles. The van der Waals surface area contributed by atoms with Gasteiger partial charge in [-0.05, 0) is 27.1 Å². The lowest BCUT2D eigenvalue weighted by atomic mass is 10.2. The predicted molar refractivity (Wildman–Crippen MR) is 115 cm³/mol. The molecule has 2 aromatic rings. The van der Waals surface area contributed by atoms with Crippen LogP contribution in [0.15, 0.2) is 60.7 Å². The van der Waals surface area contributed by atoms with Crippen molar-refractivity contribution in [1.82, 2.24) is 0 Å². The fourth-order valence-electron chi connectivity index (χ4n) is 4.46. The van der Waals surface area contributed by atoms with E-state index in [4.69, 9.17) is 0 Å². The number of rotatable bonds is 6. The van der Waals surface area contributed by atoms with Gasteiger partial charge in [-0.25, -0.2) is 0 Å². The Kier molecular flexibility index (Phi) is 6.60. The summed E-state index contributed by atoms with van der Waals surface area (Å²) < 4.78 is 0. The molecule has 128 valence electrons. The van der Waals surface area contributed by atoms with Crippen LogP contribution >= 0.6 is 8.20 Å². The van der Waals surface area contributed by atoms with Crippen LogP contribution in [0.3, 0.4) is 0 Å². The number of hydrogen-bond acceptors (Lipinski definition) is 0. The molecule has 0 aliphatic rings. The van der Waals surface area contributed by atoms with Gasteiger partial charge in [-0.1, -0.05) is 110 Å². The van der Waals surface area contributed by atoms with Gasteiger partial charge in [0.05, 0.1) is 0 Å². The summed E-state index contributed by atoms with van der Waals surface area (Å²) in [6.07, 6.45) is 0. The van der Waals surface area contributed by atoms with Crippen molar-refractivity contribution in [1.29, 1.82) is 0 Å². The van der Waals surface area contributed by atoms with Crippen molar-refractivity contribution in [2.75, 3.05) is 0 Å². The van der Waals surface area contributed by atoms with Crippen LogP contribution < -0.4 is 5.30 Å². The van der Waals surface area contributed by atoms with E-state index in [1.807, 2.05) is 0 Å². The molecule has 0 aliphatic carbocycles. The van der Waals surface area contributed by atoms with E-state index in [9.17, 15) is 0 Å². The van der Waals surface area contributed by atoms with Crippen LogP contribution in [0.2, 0.25) is 16.6 Å². The smallest absolute Gasteiger partial charge is 0.0688 e. The lowest BCUT2D eigenvalue weighted by Gasteiger charge is -2.45. The summed E-state index contributed by atoms with van der Waals surface area (Å²) in [5.41, 5.74) is 3.63. The average Bonchev–Trinajstić information content (AvgIpc) is 2.55. The molecule has 0 fully saturated rings. The standard InChI is InChI=1S/C22H31PSi/c1-17(2)24(18(3)4,19(5)6)22(20-13-9-7-10-14-20)23-21-15-11-8-12-16-21/h7-19H,1-6H3. The second-order valence-electron chi connectivity index (χ2n) is 7.56. The highest BCUT2D eigenvalue weighted by Gasteiger charge is 2.46. The van der Waals surface area contributed by atoms with Crippen LogP contribution in [0, 0.1) is 0 Å². The lowest BCUT2D eigenvalue weighted by Crippen LogP contribution is -2.52. The minimum absolute atomic E-state index is 0.726. The summed E-state index contributed by atoms with van der Waals surface area (Å²) in [4.78, 5) is 1.70. The quantitative estimate of drug-likeness (QED) is 0.400. The van der Waals surface area contributed by atoms with Crippen molar-refractivity contribution in [2.45, 2.75) is 58.2 Å². The molecule has 2 aromatic carbocycles. The van der Waals surface area contributed by atoms with Crippen LogP contribution in [-0.4, -0.2) is 13.0 Å². The van der Waals surface area contributed by atoms with E-state index in [0.29, 0.717) is 0 Å². The molecule has 0 amide bonds. The predicted octanol–water partition coefficient (Wildman–Crippen LogP) is 6.70. The summed E-state index contributed by atoms with van der Waals surface area (Å²) >= 11 is 0. The Balaban J connectivity index is 2.75. The zero-order valence-corrected chi connectivity index (χ0v) is 17.8. The first-order chi connectivity index (χ1) is 11.4. The SMILES string of the molecule is CC(C)[Si](C(=Pc1ccccc1)c1ccccc1)(C(C)C)C(C)C. The maximum atomic E-state index is 2.45. The van der Waals surface area contributed by atoms with Crippen molar-refractivity contribution in [2.24, 2.45) is 0 Å². The first-order valence-corrected chi connectivity index (χ1v) is 12.2. The van der Waals surface area contributed by atoms with Gasteiger partial charge in [0, 0.05) is 5.30 Å². The van der Waals surface area contributed by atoms with E-state index >= 15 is 0 Å². The second-order valence-corrected chi connectivity index (χ2v) is 15.0. The molecule has 0 radical (unpaired) electrons. The topological polar surface area (TPSA) is 0 Å². The van der Waals surface area contributed by atoms with Crippen LogP contribution in [0.4, 0.5) is 0 Å². The van der Waals surface area contributed by atoms with Gasteiger partial charge in [0.25, 0.3) is 0 Å². The van der Waals surface area contributed by atoms with Crippen molar-refractivity contribution in [3.05, 3.63) is 66.2 Å². The van der Waals surface area contributed by atoms with Crippen molar-refractivity contribution in [3.63, 3.8) is 0 Å². The highest BCUT2D eigenvalue weighted by atomic mass is 31.1. The molecule has 0 spiro atoms. The molecule has 2 rings (SSSR count). The fourth-order valence-corrected chi connectivity index (χ4v) is 15.1. The minimum Gasteiger partial charge on any atom is -0.0688 e. The summed E-state index contributed by atoms with van der Waals surface area (Å²) in [5.74, 6) is 0. The maximum absolute atomic E-state index is 2.45. The second kappa shape index (κ2) is 8.27. The van der Waals surface area contributed by atoms with E-state index in [0.717, 1.165) is 16.6 Å². The Morgan fingerprint density at radius 2 is 1.08 bits per heavy atom. The molecule has 0 heterocycles. The van der Waals surface area contributed by atoms with E-state index in [-0.39, 0.29) is 0 Å².